The van der Waals surface area contributed by atoms with E-state index < -0.39 is 0 Å². The van der Waals surface area contributed by atoms with Gasteiger partial charge in [0.25, 0.3) is 0 Å². The molecule has 0 bridgehead atoms. The smallest absolute Gasteiger partial charge is 0.224 e. The Hall–Kier alpha value is -1.10. The first kappa shape index (κ1) is 17.0. The first-order valence-corrected chi connectivity index (χ1v) is 7.78. The zero-order chi connectivity index (χ0) is 15.1. The van der Waals surface area contributed by atoms with Gasteiger partial charge in [-0.25, -0.2) is 0 Å². The van der Waals surface area contributed by atoms with Crippen LogP contribution in [0.5, 0.6) is 0 Å². The summed E-state index contributed by atoms with van der Waals surface area (Å²) in [4.78, 5) is 25.7. The van der Waals surface area contributed by atoms with Gasteiger partial charge in [-0.15, -0.1) is 0 Å². The zero-order valence-electron chi connectivity index (χ0n) is 13.0. The van der Waals surface area contributed by atoms with Crippen molar-refractivity contribution in [1.82, 2.24) is 10.2 Å². The fourth-order valence-electron chi connectivity index (χ4n) is 3.04. The lowest BCUT2D eigenvalue weighted by Crippen LogP contribution is -2.41. The van der Waals surface area contributed by atoms with E-state index in [1.807, 2.05) is 13.8 Å². The Balaban J connectivity index is 2.31. The van der Waals surface area contributed by atoms with E-state index in [2.05, 4.69) is 12.2 Å². The topological polar surface area (TPSA) is 75.4 Å². The highest BCUT2D eigenvalue weighted by Crippen LogP contribution is 2.27. The molecule has 1 fully saturated rings. The minimum absolute atomic E-state index is 0.0114. The highest BCUT2D eigenvalue weighted by Gasteiger charge is 2.29. The molecule has 2 amide bonds. The molecule has 116 valence electrons. The van der Waals surface area contributed by atoms with E-state index in [1.165, 1.54) is 0 Å². The number of hydrogen-bond acceptors (Lipinski definition) is 3. The molecule has 3 N–H and O–H groups in total. The molecule has 1 aliphatic carbocycles. The van der Waals surface area contributed by atoms with E-state index in [4.69, 9.17) is 5.73 Å². The van der Waals surface area contributed by atoms with Gasteiger partial charge in [-0.05, 0) is 39.0 Å². The molecule has 0 spiro atoms. The van der Waals surface area contributed by atoms with E-state index in [1.54, 1.807) is 4.90 Å². The molecule has 3 atom stereocenters. The van der Waals surface area contributed by atoms with Crippen molar-refractivity contribution in [2.75, 3.05) is 19.6 Å². The number of carbonyl (C=O) groups is 2. The molecule has 5 nitrogen and oxygen atoms in total. The average molecular weight is 283 g/mol. The van der Waals surface area contributed by atoms with E-state index in [9.17, 15) is 9.59 Å². The standard InChI is InChI=1S/C15H29N3O2/c1-4-18(5-2)14(19)6-7-17-15(20)12-8-11(3)9-13(16)10-12/h11-13H,4-10,16H2,1-3H3,(H,17,20). The van der Waals surface area contributed by atoms with Crippen molar-refractivity contribution in [2.45, 2.75) is 52.5 Å². The molecule has 1 aliphatic rings. The van der Waals surface area contributed by atoms with Gasteiger partial charge in [0.2, 0.25) is 11.8 Å². The molecule has 5 heteroatoms. The molecule has 0 saturated heterocycles. The van der Waals surface area contributed by atoms with E-state index in [0.717, 1.165) is 32.4 Å². The summed E-state index contributed by atoms with van der Waals surface area (Å²) in [6, 6.07) is 0.131. The highest BCUT2D eigenvalue weighted by atomic mass is 16.2. The third kappa shape index (κ3) is 5.12. The summed E-state index contributed by atoms with van der Waals surface area (Å²) in [6.07, 6.45) is 3.05. The molecule has 1 saturated carbocycles. The third-order valence-electron chi connectivity index (χ3n) is 4.10. The molecule has 0 heterocycles. The molecule has 0 aromatic heterocycles. The van der Waals surface area contributed by atoms with Gasteiger partial charge in [-0.1, -0.05) is 6.92 Å². The minimum Gasteiger partial charge on any atom is -0.355 e. The molecule has 1 rings (SSSR count). The molecule has 0 aromatic rings. The first-order chi connectivity index (χ1) is 9.47. The monoisotopic (exact) mass is 283 g/mol. The zero-order valence-corrected chi connectivity index (χ0v) is 13.0. The van der Waals surface area contributed by atoms with Crippen molar-refractivity contribution in [3.05, 3.63) is 0 Å². The largest absolute Gasteiger partial charge is 0.355 e. The Morgan fingerprint density at radius 1 is 1.20 bits per heavy atom. The molecule has 0 radical (unpaired) electrons. The first-order valence-electron chi connectivity index (χ1n) is 7.78. The van der Waals surface area contributed by atoms with Crippen LogP contribution < -0.4 is 11.1 Å². The summed E-state index contributed by atoms with van der Waals surface area (Å²) in [7, 11) is 0. The Morgan fingerprint density at radius 3 is 2.40 bits per heavy atom. The Bertz CT molecular complexity index is 319. The van der Waals surface area contributed by atoms with Gasteiger partial charge in [0, 0.05) is 38.0 Å². The quantitative estimate of drug-likeness (QED) is 0.767. The second kappa shape index (κ2) is 8.25. The summed E-state index contributed by atoms with van der Waals surface area (Å²) in [5.41, 5.74) is 5.97. The Kier molecular flexibility index (Phi) is 6.99. The lowest BCUT2D eigenvalue weighted by molar-refractivity contribution is -0.131. The summed E-state index contributed by atoms with van der Waals surface area (Å²) in [5, 5.41) is 2.89. The number of amides is 2. The van der Waals surface area contributed by atoms with Gasteiger partial charge in [0.1, 0.15) is 0 Å². The maximum atomic E-state index is 12.1. The summed E-state index contributed by atoms with van der Waals surface area (Å²) >= 11 is 0. The Labute approximate surface area is 122 Å². The molecular formula is C15H29N3O2. The minimum atomic E-state index is 0.0114. The van der Waals surface area contributed by atoms with Crippen LogP contribution >= 0.6 is 0 Å². The van der Waals surface area contributed by atoms with Crippen molar-refractivity contribution in [2.24, 2.45) is 17.6 Å². The van der Waals surface area contributed by atoms with Gasteiger partial charge >= 0.3 is 0 Å². The van der Waals surface area contributed by atoms with Crippen molar-refractivity contribution in [1.29, 1.82) is 0 Å². The van der Waals surface area contributed by atoms with Crippen LogP contribution in [0, 0.1) is 11.8 Å². The predicted molar refractivity (Wildman–Crippen MR) is 80.0 cm³/mol. The van der Waals surface area contributed by atoms with Crippen LogP contribution in [0.3, 0.4) is 0 Å². The molecule has 20 heavy (non-hydrogen) atoms. The molecular weight excluding hydrogens is 254 g/mol. The third-order valence-corrected chi connectivity index (χ3v) is 4.10. The van der Waals surface area contributed by atoms with E-state index in [-0.39, 0.29) is 23.8 Å². The van der Waals surface area contributed by atoms with Crippen LogP contribution in [-0.2, 0) is 9.59 Å². The summed E-state index contributed by atoms with van der Waals surface area (Å²) in [6.45, 7) is 7.93. The van der Waals surface area contributed by atoms with Crippen molar-refractivity contribution in [3.8, 4) is 0 Å². The molecule has 0 aliphatic heterocycles. The SMILES string of the molecule is CCN(CC)C(=O)CCNC(=O)C1CC(C)CC(N)C1. The maximum absolute atomic E-state index is 12.1. The van der Waals surface area contributed by atoms with Crippen LogP contribution in [-0.4, -0.2) is 42.4 Å². The van der Waals surface area contributed by atoms with Crippen LogP contribution in [0.15, 0.2) is 0 Å². The second-order valence-electron chi connectivity index (χ2n) is 5.88. The van der Waals surface area contributed by atoms with Crippen LogP contribution in [0.2, 0.25) is 0 Å². The van der Waals surface area contributed by atoms with Gasteiger partial charge in [0.05, 0.1) is 0 Å². The Morgan fingerprint density at radius 2 is 1.85 bits per heavy atom. The fraction of sp³-hybridized carbons (Fsp3) is 0.867. The van der Waals surface area contributed by atoms with E-state index in [0.29, 0.717) is 18.9 Å². The van der Waals surface area contributed by atoms with Crippen molar-refractivity contribution in [3.63, 3.8) is 0 Å². The second-order valence-corrected chi connectivity index (χ2v) is 5.88. The number of hydrogen-bond donors (Lipinski definition) is 2. The number of nitrogens with one attached hydrogen (secondary N) is 1. The molecule has 0 aromatic carbocycles. The normalized spacial score (nSPS) is 26.1. The lowest BCUT2D eigenvalue weighted by atomic mass is 9.79. The van der Waals surface area contributed by atoms with Crippen LogP contribution in [0.25, 0.3) is 0 Å². The predicted octanol–water partition coefficient (Wildman–Crippen LogP) is 1.12. The van der Waals surface area contributed by atoms with Crippen LogP contribution in [0.4, 0.5) is 0 Å². The highest BCUT2D eigenvalue weighted by molar-refractivity contribution is 5.80. The fourth-order valence-corrected chi connectivity index (χ4v) is 3.04. The summed E-state index contributed by atoms with van der Waals surface area (Å²) in [5.74, 6) is 0.674. The van der Waals surface area contributed by atoms with Gasteiger partial charge in [-0.3, -0.25) is 9.59 Å². The molecule has 3 unspecified atom stereocenters. The van der Waals surface area contributed by atoms with Gasteiger partial charge < -0.3 is 16.0 Å². The number of nitrogens with two attached hydrogens (primary N) is 1. The summed E-state index contributed by atoms with van der Waals surface area (Å²) < 4.78 is 0. The lowest BCUT2D eigenvalue weighted by Gasteiger charge is -2.30. The van der Waals surface area contributed by atoms with Crippen molar-refractivity contribution >= 4 is 11.8 Å². The number of nitrogens with zero attached hydrogens (tertiary/aromatic N) is 1. The van der Waals surface area contributed by atoms with E-state index >= 15 is 0 Å². The van der Waals surface area contributed by atoms with Crippen molar-refractivity contribution < 1.29 is 9.59 Å². The average Bonchev–Trinajstić information content (AvgIpc) is 2.38. The van der Waals surface area contributed by atoms with Crippen LogP contribution in [0.1, 0.15) is 46.5 Å². The van der Waals surface area contributed by atoms with Gasteiger partial charge in [0.15, 0.2) is 0 Å². The number of rotatable bonds is 6. The maximum Gasteiger partial charge on any atom is 0.224 e. The number of carbonyl (C=O) groups excluding carboxylic acids is 2. The van der Waals surface area contributed by atoms with Gasteiger partial charge in [-0.2, -0.15) is 0 Å².